The van der Waals surface area contributed by atoms with Gasteiger partial charge in [-0.3, -0.25) is 0 Å². The Hall–Kier alpha value is -1.72. The molecule has 4 heteroatoms. The predicted octanol–water partition coefficient (Wildman–Crippen LogP) is 5.48. The van der Waals surface area contributed by atoms with Gasteiger partial charge in [0.05, 0.1) is 24.4 Å². The van der Waals surface area contributed by atoms with Crippen LogP contribution in [0.25, 0.3) is 0 Å². The first kappa shape index (κ1) is 28.5. The van der Waals surface area contributed by atoms with Crippen molar-refractivity contribution in [2.75, 3.05) is 0 Å². The zero-order valence-corrected chi connectivity index (χ0v) is 21.7. The van der Waals surface area contributed by atoms with Crippen molar-refractivity contribution >= 4 is 0 Å². The van der Waals surface area contributed by atoms with Crippen molar-refractivity contribution in [3.63, 3.8) is 0 Å². The molecule has 190 valence electrons. The molecule has 0 saturated carbocycles. The Morgan fingerprint density at radius 2 is 1.24 bits per heavy atom. The number of hydrogen-bond acceptors (Lipinski definition) is 4. The molecule has 0 aliphatic carbocycles. The molecule has 0 aliphatic heterocycles. The maximum atomic E-state index is 11.2. The number of rotatable bonds is 13. The molecule has 5 atom stereocenters. The Morgan fingerprint density at radius 1 is 0.706 bits per heavy atom. The van der Waals surface area contributed by atoms with Crippen LogP contribution in [0, 0.1) is 10.8 Å². The Balaban J connectivity index is 2.05. The van der Waals surface area contributed by atoms with E-state index < -0.39 is 29.8 Å². The van der Waals surface area contributed by atoms with Gasteiger partial charge in [0.1, 0.15) is 0 Å². The fraction of sp³-hybridized carbons (Fsp3) is 0.600. The average Bonchev–Trinajstić information content (AvgIpc) is 2.77. The zero-order chi connectivity index (χ0) is 25.4. The summed E-state index contributed by atoms with van der Waals surface area (Å²) in [7, 11) is 0. The smallest absolute Gasteiger partial charge is 0.0633 e. The van der Waals surface area contributed by atoms with E-state index in [1.165, 1.54) is 0 Å². The summed E-state index contributed by atoms with van der Waals surface area (Å²) in [5.74, 6) is -0.198. The highest BCUT2D eigenvalue weighted by Gasteiger charge is 2.35. The highest BCUT2D eigenvalue weighted by molar-refractivity contribution is 5.22. The molecule has 4 nitrogen and oxygen atoms in total. The van der Waals surface area contributed by atoms with Crippen LogP contribution in [0.4, 0.5) is 0 Å². The van der Waals surface area contributed by atoms with E-state index in [0.717, 1.165) is 17.5 Å². The lowest BCUT2D eigenvalue weighted by molar-refractivity contribution is 0.000394. The van der Waals surface area contributed by atoms with Gasteiger partial charge in [0.15, 0.2) is 0 Å². The van der Waals surface area contributed by atoms with E-state index in [0.29, 0.717) is 25.7 Å². The first-order chi connectivity index (χ1) is 15.9. The van der Waals surface area contributed by atoms with Crippen molar-refractivity contribution in [2.24, 2.45) is 10.8 Å². The Labute approximate surface area is 206 Å². The molecule has 4 N–H and O–H groups in total. The van der Waals surface area contributed by atoms with Crippen LogP contribution in [0.5, 0.6) is 0 Å². The summed E-state index contributed by atoms with van der Waals surface area (Å²) in [6.45, 7) is 10.2. The topological polar surface area (TPSA) is 80.9 Å². The largest absolute Gasteiger partial charge is 0.393 e. The summed E-state index contributed by atoms with van der Waals surface area (Å²) >= 11 is 0. The van der Waals surface area contributed by atoms with Gasteiger partial charge in [-0.1, -0.05) is 95.3 Å². The van der Waals surface area contributed by atoms with Crippen LogP contribution in [0.1, 0.15) is 83.8 Å². The van der Waals surface area contributed by atoms with Gasteiger partial charge in [-0.15, -0.1) is 0 Å². The van der Waals surface area contributed by atoms with Crippen molar-refractivity contribution < 1.29 is 20.4 Å². The average molecular weight is 471 g/mol. The lowest BCUT2D eigenvalue weighted by Crippen LogP contribution is -2.35. The Morgan fingerprint density at radius 3 is 1.79 bits per heavy atom. The van der Waals surface area contributed by atoms with Crippen LogP contribution >= 0.6 is 0 Å². The van der Waals surface area contributed by atoms with E-state index in [1.54, 1.807) is 0 Å². The minimum absolute atomic E-state index is 0.163. The molecule has 2 rings (SSSR count). The van der Waals surface area contributed by atoms with Gasteiger partial charge in [-0.05, 0) is 54.1 Å². The van der Waals surface area contributed by atoms with E-state index in [4.69, 9.17) is 0 Å². The number of aliphatic hydroxyl groups is 4. The summed E-state index contributed by atoms with van der Waals surface area (Å²) in [6, 6.07) is 19.7. The van der Waals surface area contributed by atoms with E-state index in [9.17, 15) is 20.4 Å². The second-order valence-corrected chi connectivity index (χ2v) is 11.7. The minimum atomic E-state index is -0.727. The molecule has 0 fully saturated rings. The van der Waals surface area contributed by atoms with Crippen molar-refractivity contribution in [2.45, 2.75) is 103 Å². The molecule has 0 amide bonds. The molecule has 0 heterocycles. The van der Waals surface area contributed by atoms with Gasteiger partial charge in [0, 0.05) is 12.3 Å². The van der Waals surface area contributed by atoms with E-state index in [-0.39, 0.29) is 17.8 Å². The highest BCUT2D eigenvalue weighted by atomic mass is 16.3. The van der Waals surface area contributed by atoms with Gasteiger partial charge in [0.2, 0.25) is 0 Å². The van der Waals surface area contributed by atoms with Crippen LogP contribution in [0.2, 0.25) is 0 Å². The third-order valence-electron chi connectivity index (χ3n) is 7.12. The summed E-state index contributed by atoms with van der Waals surface area (Å²) in [4.78, 5) is 0. The van der Waals surface area contributed by atoms with Crippen molar-refractivity contribution in [1.29, 1.82) is 0 Å². The fourth-order valence-corrected chi connectivity index (χ4v) is 4.62. The van der Waals surface area contributed by atoms with Crippen molar-refractivity contribution in [3.05, 3.63) is 71.8 Å². The molecule has 5 unspecified atom stereocenters. The molecular weight excluding hydrogens is 424 g/mol. The maximum absolute atomic E-state index is 11.2. The summed E-state index contributed by atoms with van der Waals surface area (Å²) < 4.78 is 0. The first-order valence-electron chi connectivity index (χ1n) is 12.7. The molecule has 0 radical (unpaired) electrons. The fourth-order valence-electron chi connectivity index (χ4n) is 4.62. The van der Waals surface area contributed by atoms with Crippen LogP contribution in [-0.2, 0) is 6.42 Å². The second-order valence-electron chi connectivity index (χ2n) is 11.7. The van der Waals surface area contributed by atoms with Crippen molar-refractivity contribution in [3.8, 4) is 0 Å². The summed E-state index contributed by atoms with van der Waals surface area (Å²) in [5, 5.41) is 43.3. The number of benzene rings is 2. The van der Waals surface area contributed by atoms with Gasteiger partial charge >= 0.3 is 0 Å². The molecule has 2 aromatic carbocycles. The quantitative estimate of drug-likeness (QED) is 0.312. The van der Waals surface area contributed by atoms with Crippen molar-refractivity contribution in [1.82, 2.24) is 0 Å². The van der Waals surface area contributed by atoms with E-state index in [1.807, 2.05) is 95.3 Å². The third kappa shape index (κ3) is 9.14. The Kier molecular flexibility index (Phi) is 10.8. The number of aliphatic hydroxyl groups excluding tert-OH is 4. The highest BCUT2D eigenvalue weighted by Crippen LogP contribution is 2.39. The summed E-state index contributed by atoms with van der Waals surface area (Å²) in [5.41, 5.74) is 1.47. The lowest BCUT2D eigenvalue weighted by atomic mass is 9.72. The lowest BCUT2D eigenvalue weighted by Gasteiger charge is -2.37. The van der Waals surface area contributed by atoms with Gasteiger partial charge in [-0.2, -0.15) is 0 Å². The molecule has 0 saturated heterocycles. The monoisotopic (exact) mass is 470 g/mol. The third-order valence-corrected chi connectivity index (χ3v) is 7.12. The molecule has 0 spiro atoms. The molecule has 0 bridgehead atoms. The van der Waals surface area contributed by atoms with Crippen LogP contribution in [0.15, 0.2) is 60.7 Å². The van der Waals surface area contributed by atoms with E-state index in [2.05, 4.69) is 0 Å². The maximum Gasteiger partial charge on any atom is 0.0633 e. The second kappa shape index (κ2) is 12.8. The minimum Gasteiger partial charge on any atom is -0.393 e. The zero-order valence-electron chi connectivity index (χ0n) is 21.7. The molecule has 0 aromatic heterocycles. The van der Waals surface area contributed by atoms with E-state index >= 15 is 0 Å². The normalized spacial score (nSPS) is 17.1. The van der Waals surface area contributed by atoms with Gasteiger partial charge < -0.3 is 20.4 Å². The predicted molar refractivity (Wildman–Crippen MR) is 140 cm³/mol. The molecule has 0 aliphatic rings. The number of hydrogen-bond donors (Lipinski definition) is 4. The van der Waals surface area contributed by atoms with Crippen LogP contribution < -0.4 is 0 Å². The van der Waals surface area contributed by atoms with Crippen LogP contribution in [0.3, 0.4) is 0 Å². The molecule has 34 heavy (non-hydrogen) atoms. The SMILES string of the molecule is CC(C)(C)C(O)CCCC(O)C(C)(C)CC(c1ccccc1)C(O)CC(O)Cc1ccccc1. The molecule has 2 aromatic rings. The molecular formula is C30H46O4. The first-order valence-corrected chi connectivity index (χ1v) is 12.7. The van der Waals surface area contributed by atoms with Gasteiger partial charge in [0.25, 0.3) is 0 Å². The van der Waals surface area contributed by atoms with Gasteiger partial charge in [-0.25, -0.2) is 0 Å². The van der Waals surface area contributed by atoms with Crippen LogP contribution in [-0.4, -0.2) is 44.8 Å². The summed E-state index contributed by atoms with van der Waals surface area (Å²) in [6.07, 6.45) is 1.07. The Bertz CT molecular complexity index is 813. The standard InChI is InChI=1S/C30H46O4/c1-29(2,3)27(33)17-12-18-28(34)30(4,5)21-25(23-15-10-7-11-16-23)26(32)20-24(31)19-22-13-8-6-9-14-22/h6-11,13-16,24-28,31-34H,12,17-21H2,1-5H3.